The Balaban J connectivity index is 1.84. The summed E-state index contributed by atoms with van der Waals surface area (Å²) in [6.07, 6.45) is 3.97. The van der Waals surface area contributed by atoms with E-state index in [1.807, 2.05) is 51.1 Å². The second kappa shape index (κ2) is 9.92. The van der Waals surface area contributed by atoms with Crippen LogP contribution < -0.4 is 14.9 Å². The van der Waals surface area contributed by atoms with Crippen molar-refractivity contribution in [3.05, 3.63) is 68.6 Å². The molecular weight excluding hydrogens is 430 g/mol. The summed E-state index contributed by atoms with van der Waals surface area (Å²) in [4.78, 5) is 28.9. The Hall–Kier alpha value is -3.28. The number of ether oxygens (including phenoxy) is 2. The van der Waals surface area contributed by atoms with Gasteiger partial charge >= 0.3 is 0 Å². The zero-order valence-corrected chi connectivity index (χ0v) is 20.7. The average Bonchev–Trinajstić information content (AvgIpc) is 3.10. The second-order valence-electron chi connectivity index (χ2n) is 9.00. The lowest BCUT2D eigenvalue weighted by Crippen LogP contribution is -2.30. The van der Waals surface area contributed by atoms with E-state index in [1.165, 1.54) is 0 Å². The number of unbranched alkanes of at least 4 members (excludes halogenated alkanes) is 2. The van der Waals surface area contributed by atoms with E-state index in [4.69, 9.17) is 13.9 Å². The fourth-order valence-electron chi connectivity index (χ4n) is 4.80. The predicted octanol–water partition coefficient (Wildman–Crippen LogP) is 5.94. The molecule has 0 radical (unpaired) electrons. The number of nitrogens with zero attached hydrogens (tertiary/aromatic N) is 1. The van der Waals surface area contributed by atoms with Gasteiger partial charge in [0, 0.05) is 6.54 Å². The van der Waals surface area contributed by atoms with Crippen LogP contribution in [0.4, 0.5) is 0 Å². The number of fused-ring (bicyclic) bond motifs is 2. The van der Waals surface area contributed by atoms with Crippen molar-refractivity contribution in [1.29, 1.82) is 0 Å². The molecule has 2 heterocycles. The lowest BCUT2D eigenvalue weighted by molar-refractivity contribution is 0.0728. The maximum absolute atomic E-state index is 13.7. The van der Waals surface area contributed by atoms with Gasteiger partial charge < -0.3 is 18.8 Å². The first-order valence-electron chi connectivity index (χ1n) is 12.1. The maximum atomic E-state index is 13.7. The molecule has 1 atom stereocenters. The molecule has 0 saturated carbocycles. The molecule has 0 fully saturated rings. The number of methoxy groups -OCH3 is 1. The molecule has 4 rings (SSSR count). The molecule has 1 aromatic heterocycles. The van der Waals surface area contributed by atoms with Gasteiger partial charge in [0.25, 0.3) is 5.91 Å². The summed E-state index contributed by atoms with van der Waals surface area (Å²) in [6.45, 7) is 9.15. The molecule has 34 heavy (non-hydrogen) atoms. The van der Waals surface area contributed by atoms with Gasteiger partial charge in [-0.2, -0.15) is 0 Å². The third kappa shape index (κ3) is 4.17. The van der Waals surface area contributed by atoms with E-state index in [0.717, 1.165) is 42.4 Å². The molecule has 1 unspecified atom stereocenters. The molecule has 3 aromatic rings. The van der Waals surface area contributed by atoms with Crippen molar-refractivity contribution >= 4 is 16.9 Å². The summed E-state index contributed by atoms with van der Waals surface area (Å²) in [5, 5.41) is 0.509. The zero-order chi connectivity index (χ0) is 24.4. The van der Waals surface area contributed by atoms with E-state index in [0.29, 0.717) is 41.2 Å². The van der Waals surface area contributed by atoms with Crippen LogP contribution in [-0.2, 0) is 0 Å². The maximum Gasteiger partial charge on any atom is 0.290 e. The minimum absolute atomic E-state index is 0.141. The van der Waals surface area contributed by atoms with Gasteiger partial charge in [-0.3, -0.25) is 9.59 Å². The minimum atomic E-state index is -0.535. The first-order valence-corrected chi connectivity index (χ1v) is 12.1. The van der Waals surface area contributed by atoms with E-state index in [9.17, 15) is 9.59 Å². The van der Waals surface area contributed by atoms with Crippen LogP contribution >= 0.6 is 0 Å². The highest BCUT2D eigenvalue weighted by Gasteiger charge is 2.42. The summed E-state index contributed by atoms with van der Waals surface area (Å²) >= 11 is 0. The van der Waals surface area contributed by atoms with Gasteiger partial charge in [0.05, 0.1) is 30.7 Å². The van der Waals surface area contributed by atoms with Crippen molar-refractivity contribution < 1.29 is 18.7 Å². The fourth-order valence-corrected chi connectivity index (χ4v) is 4.80. The third-order valence-corrected chi connectivity index (χ3v) is 6.37. The van der Waals surface area contributed by atoms with Gasteiger partial charge in [0.1, 0.15) is 5.58 Å². The Bertz CT molecular complexity index is 1280. The Kier molecular flexibility index (Phi) is 6.96. The number of benzene rings is 2. The lowest BCUT2D eigenvalue weighted by Gasteiger charge is -2.25. The smallest absolute Gasteiger partial charge is 0.290 e. The number of carbonyl (C=O) groups is 1. The summed E-state index contributed by atoms with van der Waals surface area (Å²) in [5.74, 6) is 1.13. The predicted molar refractivity (Wildman–Crippen MR) is 133 cm³/mol. The molecule has 0 saturated heterocycles. The molecule has 0 aliphatic carbocycles. The van der Waals surface area contributed by atoms with Crippen molar-refractivity contribution in [2.75, 3.05) is 20.3 Å². The molecule has 6 heteroatoms. The largest absolute Gasteiger partial charge is 0.493 e. The molecule has 1 amide bonds. The molecule has 1 aliphatic rings. The first-order chi connectivity index (χ1) is 16.4. The van der Waals surface area contributed by atoms with E-state index < -0.39 is 6.04 Å². The number of rotatable bonds is 9. The average molecular weight is 464 g/mol. The van der Waals surface area contributed by atoms with Crippen LogP contribution in [0, 0.1) is 13.8 Å². The van der Waals surface area contributed by atoms with Crippen molar-refractivity contribution in [3.63, 3.8) is 0 Å². The van der Waals surface area contributed by atoms with Crippen LogP contribution in [0.3, 0.4) is 0 Å². The van der Waals surface area contributed by atoms with Gasteiger partial charge in [-0.25, -0.2) is 0 Å². The van der Waals surface area contributed by atoms with E-state index in [2.05, 4.69) is 6.92 Å². The van der Waals surface area contributed by atoms with E-state index in [-0.39, 0.29) is 17.1 Å². The van der Waals surface area contributed by atoms with Crippen molar-refractivity contribution in [3.8, 4) is 11.5 Å². The van der Waals surface area contributed by atoms with E-state index in [1.54, 1.807) is 12.0 Å². The number of amides is 1. The monoisotopic (exact) mass is 463 g/mol. The van der Waals surface area contributed by atoms with Gasteiger partial charge in [-0.15, -0.1) is 0 Å². The molecule has 1 aliphatic heterocycles. The zero-order valence-electron chi connectivity index (χ0n) is 20.7. The first kappa shape index (κ1) is 23.9. The summed E-state index contributed by atoms with van der Waals surface area (Å²) in [6, 6.07) is 8.92. The highest BCUT2D eigenvalue weighted by Crippen LogP contribution is 2.41. The van der Waals surface area contributed by atoms with Crippen LogP contribution in [-0.4, -0.2) is 31.1 Å². The number of hydrogen-bond acceptors (Lipinski definition) is 5. The lowest BCUT2D eigenvalue weighted by atomic mass is 9.97. The molecule has 180 valence electrons. The van der Waals surface area contributed by atoms with Gasteiger partial charge in [-0.1, -0.05) is 38.8 Å². The summed E-state index contributed by atoms with van der Waals surface area (Å²) < 4.78 is 17.7. The third-order valence-electron chi connectivity index (χ3n) is 6.37. The molecular formula is C28H33NO5. The van der Waals surface area contributed by atoms with Gasteiger partial charge in [0.15, 0.2) is 16.9 Å². The van der Waals surface area contributed by atoms with Crippen LogP contribution in [0.1, 0.15) is 78.4 Å². The normalized spacial score (nSPS) is 15.1. The quantitative estimate of drug-likeness (QED) is 0.367. The summed E-state index contributed by atoms with van der Waals surface area (Å²) in [7, 11) is 1.60. The fraction of sp³-hybridized carbons (Fsp3) is 0.429. The number of aryl methyl sites for hydroxylation is 2. The molecule has 2 aromatic carbocycles. The second-order valence-corrected chi connectivity index (χ2v) is 9.00. The standard InChI is InChI=1S/C28H33NO5/c1-6-8-9-13-33-21-11-10-19(16-22(21)32-5)24-23-25(30)20-15-17(3)14-18(4)26(20)34-27(23)28(31)29(24)12-7-2/h10-11,14-16,24H,6-9,12-13H2,1-5H3. The Morgan fingerprint density at radius 2 is 1.79 bits per heavy atom. The number of hydrogen-bond donors (Lipinski definition) is 0. The SMILES string of the molecule is CCCCCOc1ccc(C2c3c(oc4c(C)cc(C)cc4c3=O)C(=O)N2CCC)cc1OC. The summed E-state index contributed by atoms with van der Waals surface area (Å²) in [5.41, 5.74) is 3.35. The van der Waals surface area contributed by atoms with Gasteiger partial charge in [0.2, 0.25) is 5.76 Å². The van der Waals surface area contributed by atoms with E-state index >= 15 is 0 Å². The van der Waals surface area contributed by atoms with Crippen LogP contribution in [0.25, 0.3) is 11.0 Å². The highest BCUT2D eigenvalue weighted by molar-refractivity contribution is 5.99. The minimum Gasteiger partial charge on any atom is -0.493 e. The van der Waals surface area contributed by atoms with Crippen LogP contribution in [0.5, 0.6) is 11.5 Å². The van der Waals surface area contributed by atoms with Crippen molar-refractivity contribution in [2.24, 2.45) is 0 Å². The molecule has 0 N–H and O–H groups in total. The Labute approximate surface area is 200 Å². The van der Waals surface area contributed by atoms with Crippen molar-refractivity contribution in [1.82, 2.24) is 4.90 Å². The van der Waals surface area contributed by atoms with Crippen LogP contribution in [0.2, 0.25) is 0 Å². The Morgan fingerprint density at radius 1 is 1.00 bits per heavy atom. The highest BCUT2D eigenvalue weighted by atomic mass is 16.5. The topological polar surface area (TPSA) is 69.0 Å². The number of carbonyl (C=O) groups excluding carboxylic acids is 1. The molecule has 0 bridgehead atoms. The molecule has 6 nitrogen and oxygen atoms in total. The molecule has 0 spiro atoms. The van der Waals surface area contributed by atoms with Crippen molar-refractivity contribution in [2.45, 2.75) is 59.4 Å². The Morgan fingerprint density at radius 3 is 2.50 bits per heavy atom. The van der Waals surface area contributed by atoms with Crippen LogP contribution in [0.15, 0.2) is 39.5 Å². The van der Waals surface area contributed by atoms with Gasteiger partial charge in [-0.05, 0) is 61.6 Å².